The van der Waals surface area contributed by atoms with E-state index in [0.29, 0.717) is 0 Å². The molecule has 1 nitrogen and oxygen atoms in total. The quantitative estimate of drug-likeness (QED) is 0.214. The van der Waals surface area contributed by atoms with E-state index in [4.69, 9.17) is 17.3 Å². The van der Waals surface area contributed by atoms with Crippen molar-refractivity contribution in [1.29, 1.82) is 0 Å². The van der Waals surface area contributed by atoms with Crippen LogP contribution in [0.15, 0.2) is 30.3 Å². The second-order valence-corrected chi connectivity index (χ2v) is 9.79. The number of alkyl halides is 1. The first-order chi connectivity index (χ1) is 13.5. The second-order valence-electron chi connectivity index (χ2n) is 8.77. The number of nitrogens with two attached hydrogens (primary N) is 1. The van der Waals surface area contributed by atoms with Gasteiger partial charge in [0.1, 0.15) is 0 Å². The highest BCUT2D eigenvalue weighted by atomic mass is 35.5. The van der Waals surface area contributed by atoms with Gasteiger partial charge in [-0.05, 0) is 38.8 Å². The summed E-state index contributed by atoms with van der Waals surface area (Å²) in [5.74, 6) is 0. The van der Waals surface area contributed by atoms with Gasteiger partial charge in [0.15, 0.2) is 0 Å². The molecule has 0 bridgehead atoms. The molecule has 1 aromatic rings. The summed E-state index contributed by atoms with van der Waals surface area (Å²) in [6, 6.07) is 10.3. The Hall–Kier alpha value is -0.530. The molecule has 2 N–H and O–H groups in total. The van der Waals surface area contributed by atoms with Gasteiger partial charge in [-0.2, -0.15) is 0 Å². The summed E-state index contributed by atoms with van der Waals surface area (Å²) in [6.07, 6.45) is 20.8. The van der Waals surface area contributed by atoms with Gasteiger partial charge >= 0.3 is 0 Å². The average molecular weight is 410 g/mol. The maximum Gasteiger partial charge on any atom is 0.0430 e. The number of halogens is 1. The third kappa shape index (κ3) is 21.8. The lowest BCUT2D eigenvalue weighted by Gasteiger charge is -2.14. The van der Waals surface area contributed by atoms with Crippen molar-refractivity contribution in [3.05, 3.63) is 35.9 Å². The van der Waals surface area contributed by atoms with Crippen molar-refractivity contribution in [2.75, 3.05) is 6.54 Å². The van der Waals surface area contributed by atoms with E-state index in [9.17, 15) is 0 Å². The zero-order chi connectivity index (χ0) is 20.9. The molecule has 28 heavy (non-hydrogen) atoms. The third-order valence-electron chi connectivity index (χ3n) is 5.02. The molecule has 164 valence electrons. The summed E-state index contributed by atoms with van der Waals surface area (Å²) in [7, 11) is 0. The van der Waals surface area contributed by atoms with E-state index < -0.39 is 0 Å². The van der Waals surface area contributed by atoms with Gasteiger partial charge in [0.05, 0.1) is 0 Å². The zero-order valence-corrected chi connectivity index (χ0v) is 19.9. The van der Waals surface area contributed by atoms with Gasteiger partial charge in [-0.25, -0.2) is 0 Å². The molecular formula is C26H48ClN. The fraction of sp³-hybridized carbons (Fsp3) is 0.769. The normalized spacial score (nSPS) is 11.2. The standard InChI is InChI=1S/C16H35N.C10H13Cl/c1-2-3-4-5-6-7-8-9-10-11-12-13-14-15-16-17;1-10(2,11)8-9-6-4-3-5-7-9/h2-17H2,1H3;3-7H,8H2,1-2H3. The molecular weight excluding hydrogens is 362 g/mol. The van der Waals surface area contributed by atoms with Gasteiger partial charge in [-0.15, -0.1) is 11.6 Å². The van der Waals surface area contributed by atoms with E-state index in [1.807, 2.05) is 32.0 Å². The Bertz CT molecular complexity index is 396. The van der Waals surface area contributed by atoms with Crippen LogP contribution in [0.5, 0.6) is 0 Å². The predicted octanol–water partition coefficient (Wildman–Crippen LogP) is 8.67. The number of unbranched alkanes of at least 4 members (excludes halogenated alkanes) is 13. The van der Waals surface area contributed by atoms with Crippen molar-refractivity contribution in [3.63, 3.8) is 0 Å². The van der Waals surface area contributed by atoms with Gasteiger partial charge < -0.3 is 5.73 Å². The highest BCUT2D eigenvalue weighted by Crippen LogP contribution is 2.19. The molecule has 0 saturated carbocycles. The second kappa shape index (κ2) is 19.8. The van der Waals surface area contributed by atoms with E-state index >= 15 is 0 Å². The first-order valence-electron chi connectivity index (χ1n) is 11.9. The monoisotopic (exact) mass is 409 g/mol. The molecule has 0 aliphatic carbocycles. The molecule has 0 fully saturated rings. The average Bonchev–Trinajstić information content (AvgIpc) is 2.65. The molecule has 0 radical (unpaired) electrons. The lowest BCUT2D eigenvalue weighted by atomic mass is 10.0. The topological polar surface area (TPSA) is 26.0 Å². The van der Waals surface area contributed by atoms with Crippen LogP contribution in [-0.2, 0) is 6.42 Å². The molecule has 1 aromatic carbocycles. The Morgan fingerprint density at radius 1 is 0.679 bits per heavy atom. The summed E-state index contributed by atoms with van der Waals surface area (Å²) in [4.78, 5) is -0.124. The molecule has 0 unspecified atom stereocenters. The highest BCUT2D eigenvalue weighted by Gasteiger charge is 2.12. The molecule has 0 saturated heterocycles. The van der Waals surface area contributed by atoms with Gasteiger partial charge in [-0.3, -0.25) is 0 Å². The Kier molecular flexibility index (Phi) is 19.4. The fourth-order valence-corrected chi connectivity index (χ4v) is 3.57. The number of rotatable bonds is 16. The molecule has 1 rings (SSSR count). The smallest absolute Gasteiger partial charge is 0.0430 e. The van der Waals surface area contributed by atoms with Crippen LogP contribution in [-0.4, -0.2) is 11.4 Å². The number of hydrogen-bond donors (Lipinski definition) is 1. The van der Waals surface area contributed by atoms with Crippen LogP contribution in [0.1, 0.15) is 116 Å². The van der Waals surface area contributed by atoms with Crippen LogP contribution in [0, 0.1) is 0 Å². The van der Waals surface area contributed by atoms with Crippen LogP contribution in [0.3, 0.4) is 0 Å². The molecule has 0 aromatic heterocycles. The van der Waals surface area contributed by atoms with Crippen molar-refractivity contribution in [1.82, 2.24) is 0 Å². The predicted molar refractivity (Wildman–Crippen MR) is 129 cm³/mol. The lowest BCUT2D eigenvalue weighted by Crippen LogP contribution is -2.13. The summed E-state index contributed by atoms with van der Waals surface area (Å²) in [6.45, 7) is 7.22. The van der Waals surface area contributed by atoms with Crippen LogP contribution >= 0.6 is 11.6 Å². The minimum absolute atomic E-state index is 0.124. The summed E-state index contributed by atoms with van der Waals surface area (Å²) < 4.78 is 0. The molecule has 0 spiro atoms. The Labute approximate surface area is 181 Å². The SMILES string of the molecule is CC(C)(Cl)Cc1ccccc1.CCCCCCCCCCCCCCCCN. The molecule has 2 heteroatoms. The van der Waals surface area contributed by atoms with Crippen molar-refractivity contribution in [2.24, 2.45) is 5.73 Å². The fourth-order valence-electron chi connectivity index (χ4n) is 3.42. The van der Waals surface area contributed by atoms with E-state index in [1.54, 1.807) is 0 Å². The van der Waals surface area contributed by atoms with E-state index in [1.165, 1.54) is 95.5 Å². The molecule has 0 atom stereocenters. The molecule has 0 heterocycles. The van der Waals surface area contributed by atoms with Crippen molar-refractivity contribution in [2.45, 2.75) is 122 Å². The van der Waals surface area contributed by atoms with Crippen LogP contribution in [0.4, 0.5) is 0 Å². The first-order valence-corrected chi connectivity index (χ1v) is 12.3. The Morgan fingerprint density at radius 3 is 1.43 bits per heavy atom. The van der Waals surface area contributed by atoms with Crippen LogP contribution in [0.25, 0.3) is 0 Å². The van der Waals surface area contributed by atoms with Crippen molar-refractivity contribution in [3.8, 4) is 0 Å². The molecule has 0 aliphatic rings. The highest BCUT2D eigenvalue weighted by molar-refractivity contribution is 6.23. The Balaban J connectivity index is 0.000000567. The molecule has 0 amide bonds. The molecule has 0 aliphatic heterocycles. The third-order valence-corrected chi connectivity index (χ3v) is 5.16. The summed E-state index contributed by atoms with van der Waals surface area (Å²) in [5, 5.41) is 0. The minimum atomic E-state index is -0.124. The van der Waals surface area contributed by atoms with Crippen LogP contribution in [0.2, 0.25) is 0 Å². The number of benzene rings is 1. The van der Waals surface area contributed by atoms with Gasteiger partial charge in [0, 0.05) is 4.87 Å². The Morgan fingerprint density at radius 2 is 1.07 bits per heavy atom. The van der Waals surface area contributed by atoms with Gasteiger partial charge in [0.2, 0.25) is 0 Å². The van der Waals surface area contributed by atoms with Crippen molar-refractivity contribution >= 4 is 11.6 Å². The van der Waals surface area contributed by atoms with Gasteiger partial charge in [0.25, 0.3) is 0 Å². The maximum absolute atomic E-state index is 6.07. The van der Waals surface area contributed by atoms with Crippen molar-refractivity contribution < 1.29 is 0 Å². The summed E-state index contributed by atoms with van der Waals surface area (Å²) in [5.41, 5.74) is 6.77. The van der Waals surface area contributed by atoms with Gasteiger partial charge in [-0.1, -0.05) is 121 Å². The van der Waals surface area contributed by atoms with E-state index in [0.717, 1.165) is 13.0 Å². The first kappa shape index (κ1) is 27.5. The largest absolute Gasteiger partial charge is 0.330 e. The van der Waals surface area contributed by atoms with E-state index in [-0.39, 0.29) is 4.87 Å². The maximum atomic E-state index is 6.07. The van der Waals surface area contributed by atoms with E-state index in [2.05, 4.69) is 19.1 Å². The summed E-state index contributed by atoms with van der Waals surface area (Å²) >= 11 is 6.07. The lowest BCUT2D eigenvalue weighted by molar-refractivity contribution is 0.536. The minimum Gasteiger partial charge on any atom is -0.330 e. The van der Waals surface area contributed by atoms with Crippen LogP contribution < -0.4 is 5.73 Å². The zero-order valence-electron chi connectivity index (χ0n) is 19.2. The number of hydrogen-bond acceptors (Lipinski definition) is 1.